The van der Waals surface area contributed by atoms with E-state index >= 15 is 0 Å². The van der Waals surface area contributed by atoms with Gasteiger partial charge in [-0.1, -0.05) is 96.6 Å². The van der Waals surface area contributed by atoms with Crippen LogP contribution in [0.3, 0.4) is 0 Å². The number of carbonyl (C=O) groups is 1. The van der Waals surface area contributed by atoms with Crippen LogP contribution in [0.15, 0.2) is 83.0 Å². The van der Waals surface area contributed by atoms with Gasteiger partial charge in [0.15, 0.2) is 5.78 Å². The fraction of sp³-hybridized carbons (Fsp3) is 0.578. The topological polar surface area (TPSA) is 139 Å². The van der Waals surface area contributed by atoms with Crippen molar-refractivity contribution in [1.82, 2.24) is 0 Å². The van der Waals surface area contributed by atoms with E-state index in [4.69, 9.17) is 16.2 Å². The summed E-state index contributed by atoms with van der Waals surface area (Å²) in [5, 5.41) is 36.7. The lowest BCUT2D eigenvalue weighted by molar-refractivity contribution is -0.169. The highest BCUT2D eigenvalue weighted by Crippen LogP contribution is 2.63. The Bertz CT molecular complexity index is 1650. The Morgan fingerprint density at radius 3 is 2.63 bits per heavy atom. The summed E-state index contributed by atoms with van der Waals surface area (Å²) < 4.78 is 6.10. The Balaban J connectivity index is 1.50. The summed E-state index contributed by atoms with van der Waals surface area (Å²) in [7, 11) is 0. The molecular formula is C45H62N2O5. The number of nitrogens with two attached hydrogens (primary N) is 2. The first-order valence-corrected chi connectivity index (χ1v) is 19.5. The summed E-state index contributed by atoms with van der Waals surface area (Å²) in [5.41, 5.74) is 15.6. The molecule has 1 heterocycles. The van der Waals surface area contributed by atoms with Crippen LogP contribution in [0, 0.1) is 29.1 Å². The maximum atomic E-state index is 14.1. The van der Waals surface area contributed by atoms with E-state index in [1.807, 2.05) is 56.3 Å². The largest absolute Gasteiger partial charge is 0.392 e. The molecular weight excluding hydrogens is 649 g/mol. The van der Waals surface area contributed by atoms with E-state index in [1.165, 1.54) is 5.57 Å². The van der Waals surface area contributed by atoms with E-state index in [9.17, 15) is 20.1 Å². The number of carbonyl (C=O) groups excluding carboxylic acids is 1. The van der Waals surface area contributed by atoms with Gasteiger partial charge >= 0.3 is 0 Å². The molecule has 3 fully saturated rings. The zero-order chi connectivity index (χ0) is 37.5. The van der Waals surface area contributed by atoms with Crippen LogP contribution >= 0.6 is 0 Å². The number of ketones is 1. The standard InChI is InChI=1S/C45H62N2O5/c1-31-12-5-8-27-52-30-36(18-10-15-32(2)14-9-13-31)38-20-26-45(41(38)49)39(21-25-44(51)22-6-7-23-44)37(19-24-43(45,4)50)33(3)40(48)29-34-16-11-17-35(28-34)42(46)47/h10-11,13,15-18,28,38-39,41-42,49-51H,2,6-7,9,12,14,19-27,29-30,46-47H2,1,3-4H3/b15-10+,31-13+,36-18-,37-33+/t38-,39-,41-,43-,45-/m1/s1. The number of aliphatic hydroxyl groups excluding tert-OH is 1. The highest BCUT2D eigenvalue weighted by Gasteiger charge is 2.64. The molecule has 3 saturated carbocycles. The Morgan fingerprint density at radius 2 is 1.88 bits per heavy atom. The van der Waals surface area contributed by atoms with Gasteiger partial charge in [-0.3, -0.25) is 4.79 Å². The molecule has 4 aliphatic rings. The van der Waals surface area contributed by atoms with Crippen LogP contribution < -0.4 is 11.5 Å². The van der Waals surface area contributed by atoms with Gasteiger partial charge in [0.1, 0.15) is 6.61 Å². The van der Waals surface area contributed by atoms with Gasteiger partial charge in [0.25, 0.3) is 0 Å². The zero-order valence-corrected chi connectivity index (χ0v) is 31.8. The number of aliphatic hydroxyl groups is 3. The Labute approximate surface area is 312 Å². The molecule has 0 unspecified atom stereocenters. The smallest absolute Gasteiger partial charge is 0.162 e. The molecule has 0 amide bonds. The highest BCUT2D eigenvalue weighted by atomic mass is 16.5. The number of Topliss-reactive ketones (excluding diaryl/α,β-unsaturated/α-hetero) is 1. The first-order valence-electron chi connectivity index (χ1n) is 19.5. The molecule has 0 bridgehead atoms. The van der Waals surface area contributed by atoms with E-state index < -0.39 is 28.9 Å². The van der Waals surface area contributed by atoms with Crippen LogP contribution in [0.1, 0.15) is 122 Å². The van der Waals surface area contributed by atoms with E-state index in [0.717, 1.165) is 66.4 Å². The molecule has 1 spiro atoms. The fourth-order valence-corrected chi connectivity index (χ4v) is 9.59. The average Bonchev–Trinajstić information content (AvgIpc) is 3.69. The van der Waals surface area contributed by atoms with Gasteiger partial charge in [-0.25, -0.2) is 0 Å². The Morgan fingerprint density at radius 1 is 1.12 bits per heavy atom. The molecule has 52 heavy (non-hydrogen) atoms. The van der Waals surface area contributed by atoms with Gasteiger partial charge in [0, 0.05) is 24.2 Å². The Kier molecular flexibility index (Phi) is 13.4. The maximum Gasteiger partial charge on any atom is 0.162 e. The summed E-state index contributed by atoms with van der Waals surface area (Å²) in [4.78, 5) is 14.1. The second-order valence-electron chi connectivity index (χ2n) is 16.3. The van der Waals surface area contributed by atoms with Gasteiger partial charge in [-0.15, -0.1) is 0 Å². The predicted molar refractivity (Wildman–Crippen MR) is 209 cm³/mol. The van der Waals surface area contributed by atoms with Crippen molar-refractivity contribution in [3.8, 4) is 11.8 Å². The molecule has 0 saturated heterocycles. The molecule has 7 nitrogen and oxygen atoms in total. The number of allylic oxidation sites excluding steroid dienone is 8. The summed E-state index contributed by atoms with van der Waals surface area (Å²) in [5.74, 6) is 5.83. The lowest BCUT2D eigenvalue weighted by Crippen LogP contribution is -2.59. The van der Waals surface area contributed by atoms with Crippen LogP contribution in [-0.4, -0.2) is 51.6 Å². The fourth-order valence-electron chi connectivity index (χ4n) is 9.59. The molecule has 5 rings (SSSR count). The van der Waals surface area contributed by atoms with Gasteiger partial charge in [-0.2, -0.15) is 0 Å². The third-order valence-corrected chi connectivity index (χ3v) is 12.7. The molecule has 1 aromatic rings. The third kappa shape index (κ3) is 9.16. The molecule has 7 N–H and O–H groups in total. The van der Waals surface area contributed by atoms with E-state index in [1.54, 1.807) is 0 Å². The minimum atomic E-state index is -1.19. The molecule has 282 valence electrons. The van der Waals surface area contributed by atoms with Crippen LogP contribution in [-0.2, 0) is 16.0 Å². The van der Waals surface area contributed by atoms with Crippen molar-refractivity contribution >= 4 is 5.78 Å². The second kappa shape index (κ2) is 17.4. The molecule has 3 aliphatic carbocycles. The lowest BCUT2D eigenvalue weighted by Gasteiger charge is -2.56. The normalized spacial score (nSPS) is 33.6. The quantitative estimate of drug-likeness (QED) is 0.0831. The van der Waals surface area contributed by atoms with Gasteiger partial charge in [0.2, 0.25) is 0 Å². The molecule has 0 aromatic heterocycles. The summed E-state index contributed by atoms with van der Waals surface area (Å²) in [6.45, 7) is 10.7. The van der Waals surface area contributed by atoms with Crippen molar-refractivity contribution in [1.29, 1.82) is 0 Å². The monoisotopic (exact) mass is 710 g/mol. The van der Waals surface area contributed by atoms with Gasteiger partial charge in [0.05, 0.1) is 30.1 Å². The average molecular weight is 711 g/mol. The summed E-state index contributed by atoms with van der Waals surface area (Å²) in [6, 6.07) is 7.55. The van der Waals surface area contributed by atoms with E-state index in [2.05, 4.69) is 31.4 Å². The van der Waals surface area contributed by atoms with Crippen LogP contribution in [0.2, 0.25) is 0 Å². The molecule has 1 aromatic carbocycles. The van der Waals surface area contributed by atoms with Crippen molar-refractivity contribution in [2.45, 2.75) is 134 Å². The second-order valence-corrected chi connectivity index (χ2v) is 16.3. The molecule has 5 atom stereocenters. The van der Waals surface area contributed by atoms with Crippen LogP contribution in [0.4, 0.5) is 0 Å². The Hall–Kier alpha value is -3.09. The summed E-state index contributed by atoms with van der Waals surface area (Å²) >= 11 is 0. The van der Waals surface area contributed by atoms with Crippen molar-refractivity contribution in [3.05, 3.63) is 94.1 Å². The first kappa shape index (κ1) is 40.1. The van der Waals surface area contributed by atoms with Crippen LogP contribution in [0.25, 0.3) is 0 Å². The number of rotatable bonds is 8. The zero-order valence-electron chi connectivity index (χ0n) is 31.8. The van der Waals surface area contributed by atoms with Crippen LogP contribution in [0.5, 0.6) is 0 Å². The van der Waals surface area contributed by atoms with Gasteiger partial charge in [-0.05, 0) is 113 Å². The third-order valence-electron chi connectivity index (χ3n) is 12.7. The number of benzene rings is 1. The minimum absolute atomic E-state index is 0.0119. The SMILES string of the molecule is C=C1/C=C/C=C(\[C@H]2CC[C@@]3([C@H](CCC4(O)CCCC4)/C(=C(\C)C(=O)Cc4cccc(C(N)N)c4)CC[C@@]3(C)O)[C@@H]2O)COCC#CC/C(C)=C/CC1. The van der Waals surface area contributed by atoms with Crippen molar-refractivity contribution in [2.75, 3.05) is 13.2 Å². The number of hydrogen-bond acceptors (Lipinski definition) is 7. The van der Waals surface area contributed by atoms with Gasteiger partial charge < -0.3 is 31.5 Å². The predicted octanol–water partition coefficient (Wildman–Crippen LogP) is 7.22. The van der Waals surface area contributed by atoms with Crippen molar-refractivity contribution < 1.29 is 24.9 Å². The van der Waals surface area contributed by atoms with Crippen molar-refractivity contribution in [3.63, 3.8) is 0 Å². The van der Waals surface area contributed by atoms with E-state index in [0.29, 0.717) is 63.7 Å². The number of ether oxygens (including phenoxy) is 1. The minimum Gasteiger partial charge on any atom is -0.392 e. The lowest BCUT2D eigenvalue weighted by atomic mass is 9.52. The molecule has 0 radical (unpaired) electrons. The maximum absolute atomic E-state index is 14.1. The first-order chi connectivity index (χ1) is 24.8. The van der Waals surface area contributed by atoms with Crippen molar-refractivity contribution in [2.24, 2.45) is 28.7 Å². The number of hydrogen-bond donors (Lipinski definition) is 5. The summed E-state index contributed by atoms with van der Waals surface area (Å²) in [6.07, 6.45) is 16.4. The molecule has 1 aliphatic heterocycles. The highest BCUT2D eigenvalue weighted by molar-refractivity contribution is 5.97. The molecule has 7 heteroatoms. The van der Waals surface area contributed by atoms with E-state index in [-0.39, 0.29) is 24.0 Å².